The van der Waals surface area contributed by atoms with Crippen molar-refractivity contribution in [1.82, 2.24) is 4.90 Å². The van der Waals surface area contributed by atoms with Crippen LogP contribution in [0.4, 0.5) is 5.69 Å². The third-order valence-corrected chi connectivity index (χ3v) is 4.55. The second-order valence-corrected chi connectivity index (χ2v) is 7.17. The molecular weight excluding hydrogens is 368 g/mol. The Morgan fingerprint density at radius 1 is 1.00 bits per heavy atom. The third-order valence-electron chi connectivity index (χ3n) is 4.19. The van der Waals surface area contributed by atoms with Gasteiger partial charge in [0.15, 0.2) is 16.6 Å². The molecule has 4 nitrogen and oxygen atoms in total. The fraction of sp³-hybridized carbons (Fsp3) is 0.435. The van der Waals surface area contributed by atoms with Crippen LogP contribution in [0.3, 0.4) is 0 Å². The highest BCUT2D eigenvalue weighted by Gasteiger charge is 2.13. The molecule has 0 aliphatic heterocycles. The lowest BCUT2D eigenvalue weighted by atomic mass is 10.2. The lowest BCUT2D eigenvalue weighted by molar-refractivity contribution is 0.276. The zero-order valence-electron chi connectivity index (χ0n) is 17.5. The molecule has 1 N–H and O–H groups in total. The van der Waals surface area contributed by atoms with Gasteiger partial charge in [0.1, 0.15) is 0 Å². The summed E-state index contributed by atoms with van der Waals surface area (Å²) in [4.78, 5) is 2.19. The van der Waals surface area contributed by atoms with Crippen LogP contribution in [-0.4, -0.2) is 29.8 Å². The van der Waals surface area contributed by atoms with Crippen molar-refractivity contribution >= 4 is 23.0 Å². The number of hydrogen-bond donors (Lipinski definition) is 1. The maximum absolute atomic E-state index is 5.81. The van der Waals surface area contributed by atoms with Crippen LogP contribution < -0.4 is 14.8 Å². The van der Waals surface area contributed by atoms with E-state index in [1.54, 1.807) is 0 Å². The third kappa shape index (κ3) is 6.71. The Hall–Kier alpha value is -2.27. The molecule has 0 amide bonds. The average molecular weight is 401 g/mol. The lowest BCUT2D eigenvalue weighted by Crippen LogP contribution is -2.34. The highest BCUT2D eigenvalue weighted by atomic mass is 32.1. The molecule has 2 aromatic rings. The standard InChI is InChI=1S/C23H32N2O2S/c1-5-13-25(23(28)24-20-10-8-9-18(4)15-20)17-19-11-12-21(27-14-6-2)22(16-19)26-7-3/h8-12,15-16H,5-7,13-14,17H2,1-4H3,(H,24,28). The fourth-order valence-corrected chi connectivity index (χ4v) is 3.19. The number of anilines is 1. The first-order valence-corrected chi connectivity index (χ1v) is 10.5. The highest BCUT2D eigenvalue weighted by Crippen LogP contribution is 2.29. The van der Waals surface area contributed by atoms with Crippen molar-refractivity contribution in [2.75, 3.05) is 25.1 Å². The molecule has 0 aliphatic carbocycles. The van der Waals surface area contributed by atoms with Crippen LogP contribution in [0, 0.1) is 6.92 Å². The normalized spacial score (nSPS) is 10.4. The van der Waals surface area contributed by atoms with E-state index in [0.717, 1.165) is 53.8 Å². The summed E-state index contributed by atoms with van der Waals surface area (Å²) in [5, 5.41) is 4.10. The molecule has 0 heterocycles. The van der Waals surface area contributed by atoms with Gasteiger partial charge in [0, 0.05) is 18.8 Å². The van der Waals surface area contributed by atoms with Crippen molar-refractivity contribution in [1.29, 1.82) is 0 Å². The molecular formula is C23H32N2O2S. The monoisotopic (exact) mass is 400 g/mol. The van der Waals surface area contributed by atoms with Crippen LogP contribution >= 0.6 is 12.2 Å². The fourth-order valence-electron chi connectivity index (χ4n) is 2.92. The molecule has 0 fully saturated rings. The van der Waals surface area contributed by atoms with E-state index in [1.807, 2.05) is 25.1 Å². The van der Waals surface area contributed by atoms with Gasteiger partial charge in [-0.15, -0.1) is 0 Å². The Morgan fingerprint density at radius 3 is 2.50 bits per heavy atom. The van der Waals surface area contributed by atoms with E-state index >= 15 is 0 Å². The summed E-state index contributed by atoms with van der Waals surface area (Å²) in [6.07, 6.45) is 1.99. The second-order valence-electron chi connectivity index (χ2n) is 6.78. The number of rotatable bonds is 10. The summed E-state index contributed by atoms with van der Waals surface area (Å²) in [6.45, 7) is 11.2. The van der Waals surface area contributed by atoms with Crippen molar-refractivity contribution in [3.63, 3.8) is 0 Å². The maximum Gasteiger partial charge on any atom is 0.173 e. The maximum atomic E-state index is 5.81. The van der Waals surface area contributed by atoms with Crippen LogP contribution in [0.1, 0.15) is 44.7 Å². The van der Waals surface area contributed by atoms with Crippen molar-refractivity contribution in [3.05, 3.63) is 53.6 Å². The van der Waals surface area contributed by atoms with Gasteiger partial charge in [0.05, 0.1) is 13.2 Å². The largest absolute Gasteiger partial charge is 0.490 e. The summed E-state index contributed by atoms with van der Waals surface area (Å²) in [5.74, 6) is 1.59. The van der Waals surface area contributed by atoms with Gasteiger partial charge in [-0.3, -0.25) is 0 Å². The zero-order chi connectivity index (χ0) is 20.4. The molecule has 0 radical (unpaired) electrons. The number of benzene rings is 2. The second kappa shape index (κ2) is 11.5. The molecule has 152 valence electrons. The van der Waals surface area contributed by atoms with Gasteiger partial charge in [0.2, 0.25) is 0 Å². The molecule has 5 heteroatoms. The van der Waals surface area contributed by atoms with Crippen LogP contribution in [0.15, 0.2) is 42.5 Å². The Balaban J connectivity index is 2.13. The molecule has 0 bridgehead atoms. The van der Waals surface area contributed by atoms with Gasteiger partial charge >= 0.3 is 0 Å². The number of aryl methyl sites for hydroxylation is 1. The van der Waals surface area contributed by atoms with Crippen LogP contribution in [0.2, 0.25) is 0 Å². The van der Waals surface area contributed by atoms with Crippen LogP contribution in [-0.2, 0) is 6.54 Å². The quantitative estimate of drug-likeness (QED) is 0.510. The first kappa shape index (κ1) is 22.0. The number of thiocarbonyl (C=S) groups is 1. The molecule has 0 saturated carbocycles. The minimum absolute atomic E-state index is 0.609. The number of ether oxygens (including phenoxy) is 2. The van der Waals surface area contributed by atoms with Gasteiger partial charge in [0.25, 0.3) is 0 Å². The van der Waals surface area contributed by atoms with Crippen molar-refractivity contribution in [3.8, 4) is 11.5 Å². The predicted molar refractivity (Wildman–Crippen MR) is 121 cm³/mol. The first-order valence-electron chi connectivity index (χ1n) is 10.1. The molecule has 0 saturated heterocycles. The van der Waals surface area contributed by atoms with E-state index in [2.05, 4.69) is 55.3 Å². The van der Waals surface area contributed by atoms with E-state index in [1.165, 1.54) is 5.56 Å². The molecule has 2 aromatic carbocycles. The van der Waals surface area contributed by atoms with Crippen molar-refractivity contribution in [2.24, 2.45) is 0 Å². The van der Waals surface area contributed by atoms with E-state index in [-0.39, 0.29) is 0 Å². The SMILES string of the molecule is CCCOc1ccc(CN(CCC)C(=S)Nc2cccc(C)c2)cc1OCC. The van der Waals surface area contributed by atoms with Crippen molar-refractivity contribution in [2.45, 2.75) is 47.1 Å². The van der Waals surface area contributed by atoms with Gasteiger partial charge in [-0.25, -0.2) is 0 Å². The van der Waals surface area contributed by atoms with E-state index in [9.17, 15) is 0 Å². The zero-order valence-corrected chi connectivity index (χ0v) is 18.3. The summed E-state index contributed by atoms with van der Waals surface area (Å²) in [6, 6.07) is 14.4. The van der Waals surface area contributed by atoms with Crippen molar-refractivity contribution < 1.29 is 9.47 Å². The molecule has 0 spiro atoms. The molecule has 0 aromatic heterocycles. The molecule has 2 rings (SSSR count). The Labute approximate surface area is 174 Å². The molecule has 0 atom stereocenters. The highest BCUT2D eigenvalue weighted by molar-refractivity contribution is 7.80. The van der Waals surface area contributed by atoms with Crippen LogP contribution in [0.25, 0.3) is 0 Å². The van der Waals surface area contributed by atoms with Gasteiger partial charge in [-0.05, 0) is 74.3 Å². The average Bonchev–Trinajstić information content (AvgIpc) is 2.67. The number of nitrogens with zero attached hydrogens (tertiary/aromatic N) is 1. The molecule has 0 unspecified atom stereocenters. The first-order chi connectivity index (χ1) is 13.6. The minimum Gasteiger partial charge on any atom is -0.490 e. The van der Waals surface area contributed by atoms with E-state index in [4.69, 9.17) is 21.7 Å². The summed E-state index contributed by atoms with van der Waals surface area (Å²) < 4.78 is 11.6. The topological polar surface area (TPSA) is 33.7 Å². The summed E-state index contributed by atoms with van der Waals surface area (Å²) in [5.41, 5.74) is 3.37. The van der Waals surface area contributed by atoms with Crippen LogP contribution in [0.5, 0.6) is 11.5 Å². The van der Waals surface area contributed by atoms with Gasteiger partial charge in [-0.2, -0.15) is 0 Å². The van der Waals surface area contributed by atoms with Gasteiger partial charge in [-0.1, -0.05) is 32.0 Å². The van der Waals surface area contributed by atoms with E-state index < -0.39 is 0 Å². The number of nitrogens with one attached hydrogen (secondary N) is 1. The Morgan fingerprint density at radius 2 is 1.82 bits per heavy atom. The van der Waals surface area contributed by atoms with Gasteiger partial charge < -0.3 is 19.7 Å². The van der Waals surface area contributed by atoms with E-state index in [0.29, 0.717) is 13.2 Å². The Bertz CT molecular complexity index is 764. The number of hydrogen-bond acceptors (Lipinski definition) is 3. The predicted octanol–water partition coefficient (Wildman–Crippen LogP) is 5.79. The molecule has 0 aliphatic rings. The smallest absolute Gasteiger partial charge is 0.173 e. The lowest BCUT2D eigenvalue weighted by Gasteiger charge is -2.26. The summed E-state index contributed by atoms with van der Waals surface area (Å²) in [7, 11) is 0. The Kier molecular flexibility index (Phi) is 9.08. The summed E-state index contributed by atoms with van der Waals surface area (Å²) >= 11 is 5.69. The minimum atomic E-state index is 0.609. The molecule has 28 heavy (non-hydrogen) atoms.